The second kappa shape index (κ2) is 11.8. The molecule has 1 aliphatic rings. The molecule has 6 nitrogen and oxygen atoms in total. The third-order valence-electron chi connectivity index (χ3n) is 5.53. The Kier molecular flexibility index (Phi) is 8.58. The van der Waals surface area contributed by atoms with Gasteiger partial charge in [-0.05, 0) is 47.4 Å². The number of allylic oxidation sites excluding steroid dienone is 1. The maximum Gasteiger partial charge on any atom is 0.322 e. The van der Waals surface area contributed by atoms with Crippen molar-refractivity contribution in [3.05, 3.63) is 117 Å². The van der Waals surface area contributed by atoms with E-state index in [1.54, 1.807) is 24.3 Å². The highest BCUT2D eigenvalue weighted by atomic mass is 79.9. The summed E-state index contributed by atoms with van der Waals surface area (Å²) in [5.74, 6) is -1.17. The highest BCUT2D eigenvalue weighted by molar-refractivity contribution is 9.10. The van der Waals surface area contributed by atoms with Crippen molar-refractivity contribution in [2.24, 2.45) is 0 Å². The summed E-state index contributed by atoms with van der Waals surface area (Å²) < 4.78 is 15.4. The van der Waals surface area contributed by atoms with Gasteiger partial charge in [0.05, 0.1) is 0 Å². The average molecular weight is 584 g/mol. The number of hydrogen-bond donors (Lipinski definition) is 3. The van der Waals surface area contributed by atoms with Crippen molar-refractivity contribution in [1.29, 1.82) is 0 Å². The molecule has 3 aromatic carbocycles. The smallest absolute Gasteiger partial charge is 0.322 e. The summed E-state index contributed by atoms with van der Waals surface area (Å²) in [6, 6.07) is 22.8. The van der Waals surface area contributed by atoms with Gasteiger partial charge in [-0.3, -0.25) is 9.59 Å². The summed E-state index contributed by atoms with van der Waals surface area (Å²) in [4.78, 5) is 24.4. The Balaban J connectivity index is 1.46. The molecule has 4 rings (SSSR count). The predicted octanol–water partition coefficient (Wildman–Crippen LogP) is 5.12. The quantitative estimate of drug-likeness (QED) is 0.195. The number of halogens is 1. The molecule has 0 radical (unpaired) electrons. The second-order valence-electron chi connectivity index (χ2n) is 8.05. The highest BCUT2D eigenvalue weighted by Crippen LogP contribution is 2.27. The van der Waals surface area contributed by atoms with Crippen LogP contribution in [0.15, 0.2) is 94.4 Å². The minimum absolute atomic E-state index is 0.101. The van der Waals surface area contributed by atoms with Crippen molar-refractivity contribution in [3.63, 3.8) is 0 Å². The first-order valence-corrected chi connectivity index (χ1v) is 13.4. The molecule has 0 spiro atoms. The van der Waals surface area contributed by atoms with Crippen molar-refractivity contribution in [3.8, 4) is 0 Å². The van der Waals surface area contributed by atoms with Crippen LogP contribution in [0.5, 0.6) is 0 Å². The largest absolute Gasteiger partial charge is 0.480 e. The number of nitrogens with one attached hydrogen (secondary N) is 1. The van der Waals surface area contributed by atoms with Crippen LogP contribution in [0, 0.1) is 0 Å². The molecule has 2 N–H and O–H groups in total. The number of rotatable bonds is 8. The van der Waals surface area contributed by atoms with E-state index in [2.05, 4.69) is 33.9 Å². The molecular formula is C27H23BrN2O4S2. The van der Waals surface area contributed by atoms with Gasteiger partial charge in [0.1, 0.15) is 27.6 Å². The molecule has 1 heterocycles. The van der Waals surface area contributed by atoms with E-state index in [-0.39, 0.29) is 12.2 Å². The van der Waals surface area contributed by atoms with E-state index in [0.29, 0.717) is 10.6 Å². The molecule has 1 aliphatic heterocycles. The lowest BCUT2D eigenvalue weighted by molar-refractivity contribution is -0.141. The molecule has 3 atom stereocenters. The van der Waals surface area contributed by atoms with Crippen LogP contribution in [0.25, 0.3) is 12.2 Å². The third kappa shape index (κ3) is 6.41. The number of aliphatic carboxylic acids is 1. The molecule has 184 valence electrons. The summed E-state index contributed by atoms with van der Waals surface area (Å²) in [6.07, 6.45) is 5.16. The molecule has 0 amide bonds. The SMILES string of the molecule is O=C(/C=C/c1ccc(/C=C2/N[C@H](S)N([C@@H](Cc3ccccc3)C(=O)O)S2=O)cc1)c1cccc(Br)c1. The highest BCUT2D eigenvalue weighted by Gasteiger charge is 2.41. The first kappa shape index (κ1) is 26.1. The van der Waals surface area contributed by atoms with Gasteiger partial charge >= 0.3 is 5.97 Å². The number of thiol groups is 1. The van der Waals surface area contributed by atoms with E-state index in [1.165, 1.54) is 10.4 Å². The number of benzene rings is 3. The molecule has 0 aliphatic carbocycles. The van der Waals surface area contributed by atoms with Crippen LogP contribution in [0.4, 0.5) is 0 Å². The van der Waals surface area contributed by atoms with Gasteiger partial charge in [-0.25, -0.2) is 4.21 Å². The molecule has 9 heteroatoms. The molecular weight excluding hydrogens is 560 g/mol. The van der Waals surface area contributed by atoms with Crippen LogP contribution in [0.1, 0.15) is 27.0 Å². The van der Waals surface area contributed by atoms with Crippen molar-refractivity contribution in [2.75, 3.05) is 0 Å². The Morgan fingerprint density at radius 1 is 1.06 bits per heavy atom. The Labute approximate surface area is 225 Å². The lowest BCUT2D eigenvalue weighted by atomic mass is 10.1. The monoisotopic (exact) mass is 582 g/mol. The topological polar surface area (TPSA) is 86.7 Å². The van der Waals surface area contributed by atoms with Crippen LogP contribution < -0.4 is 5.32 Å². The molecule has 1 fully saturated rings. The van der Waals surface area contributed by atoms with E-state index < -0.39 is 28.5 Å². The maximum atomic E-state index is 13.2. The number of carboxylic acid groups (broad SMARTS) is 1. The van der Waals surface area contributed by atoms with Gasteiger partial charge in [0.15, 0.2) is 5.78 Å². The molecule has 0 bridgehead atoms. The zero-order chi connectivity index (χ0) is 25.7. The van der Waals surface area contributed by atoms with Crippen molar-refractivity contribution in [2.45, 2.75) is 18.0 Å². The van der Waals surface area contributed by atoms with Crippen LogP contribution in [-0.4, -0.2) is 36.9 Å². The van der Waals surface area contributed by atoms with Crippen LogP contribution >= 0.6 is 28.6 Å². The molecule has 1 saturated heterocycles. The van der Waals surface area contributed by atoms with Gasteiger partial charge in [-0.2, -0.15) is 4.31 Å². The Bertz CT molecular complexity index is 1340. The van der Waals surface area contributed by atoms with Crippen molar-refractivity contribution < 1.29 is 18.9 Å². The van der Waals surface area contributed by atoms with Crippen LogP contribution in [0.3, 0.4) is 0 Å². The summed E-state index contributed by atoms with van der Waals surface area (Å²) >= 11 is 7.81. The lowest BCUT2D eigenvalue weighted by Crippen LogP contribution is -2.45. The predicted molar refractivity (Wildman–Crippen MR) is 149 cm³/mol. The van der Waals surface area contributed by atoms with Gasteiger partial charge in [-0.15, -0.1) is 12.6 Å². The van der Waals surface area contributed by atoms with E-state index in [1.807, 2.05) is 66.7 Å². The van der Waals surface area contributed by atoms with Crippen molar-refractivity contribution >= 4 is 63.4 Å². The average Bonchev–Trinajstić information content (AvgIpc) is 3.14. The van der Waals surface area contributed by atoms with Gasteiger partial charge in [0.2, 0.25) is 0 Å². The van der Waals surface area contributed by atoms with Gasteiger partial charge in [0, 0.05) is 10.0 Å². The number of carboxylic acids is 1. The van der Waals surface area contributed by atoms with E-state index in [9.17, 15) is 18.9 Å². The van der Waals surface area contributed by atoms with Gasteiger partial charge < -0.3 is 10.4 Å². The molecule has 1 unspecified atom stereocenters. The molecule has 0 saturated carbocycles. The molecule has 36 heavy (non-hydrogen) atoms. The van der Waals surface area contributed by atoms with Crippen LogP contribution in [0.2, 0.25) is 0 Å². The second-order valence-corrected chi connectivity index (χ2v) is 10.8. The number of ketones is 1. The fourth-order valence-electron chi connectivity index (χ4n) is 3.71. The minimum Gasteiger partial charge on any atom is -0.480 e. The van der Waals surface area contributed by atoms with E-state index in [0.717, 1.165) is 21.2 Å². The maximum absolute atomic E-state index is 13.2. The fourth-order valence-corrected chi connectivity index (χ4v) is 6.06. The third-order valence-corrected chi connectivity index (χ3v) is 8.01. The number of hydrogen-bond acceptors (Lipinski definition) is 5. The standard InChI is InChI=1S/C27H23BrN2O4S2/c28-22-8-4-7-21(17-22)24(31)14-13-18-9-11-20(12-10-18)16-25-29-27(35)30(36(25)34)23(26(32)33)15-19-5-2-1-3-6-19/h1-14,16-17,23,27,29,35H,15H2,(H,32,33)/b14-13+,25-16-/t23-,27-,36?/m0/s1. The number of nitrogens with zero attached hydrogens (tertiary/aromatic N) is 1. The summed E-state index contributed by atoms with van der Waals surface area (Å²) in [5.41, 5.74) is 2.33. The normalized spacial score (nSPS) is 19.9. The van der Waals surface area contributed by atoms with E-state index >= 15 is 0 Å². The van der Waals surface area contributed by atoms with Gasteiger partial charge in [-0.1, -0.05) is 88.7 Å². The number of carbonyl (C=O) groups excluding carboxylic acids is 1. The zero-order valence-electron chi connectivity index (χ0n) is 19.0. The van der Waals surface area contributed by atoms with Crippen molar-refractivity contribution in [1.82, 2.24) is 9.62 Å². The molecule has 3 aromatic rings. The van der Waals surface area contributed by atoms with Crippen LogP contribution in [-0.2, 0) is 22.2 Å². The number of carbonyl (C=O) groups is 2. The zero-order valence-corrected chi connectivity index (χ0v) is 22.2. The first-order chi connectivity index (χ1) is 17.3. The Hall–Kier alpha value is -2.98. The summed E-state index contributed by atoms with van der Waals surface area (Å²) in [5, 5.41) is 13.2. The first-order valence-electron chi connectivity index (χ1n) is 11.0. The Morgan fingerprint density at radius 3 is 2.42 bits per heavy atom. The summed E-state index contributed by atoms with van der Waals surface area (Å²) in [6.45, 7) is 0. The lowest BCUT2D eigenvalue weighted by Gasteiger charge is -2.24. The van der Waals surface area contributed by atoms with E-state index in [4.69, 9.17) is 0 Å². The fraction of sp³-hybridized carbons (Fsp3) is 0.111. The molecule has 0 aromatic heterocycles. The summed E-state index contributed by atoms with van der Waals surface area (Å²) in [7, 11) is -1.73. The minimum atomic E-state index is -1.73. The Morgan fingerprint density at radius 2 is 1.75 bits per heavy atom. The van der Waals surface area contributed by atoms with Gasteiger partial charge in [0.25, 0.3) is 0 Å².